The molecular weight excluding hydrogens is 217 g/mol. The third kappa shape index (κ3) is 3.19. The Hall–Kier alpha value is -1.09. The standard InChI is InChI=1S/C14H22FNO/c1-5-9-16(10(2)3)14-12(11(4)17)7-6-8-13(14)15/h6-8,10-11,17H,5,9H2,1-4H3. The molecule has 0 fully saturated rings. The molecule has 0 saturated heterocycles. The van der Waals surface area contributed by atoms with Gasteiger partial charge in [0.15, 0.2) is 0 Å². The van der Waals surface area contributed by atoms with Crippen molar-refractivity contribution in [3.63, 3.8) is 0 Å². The summed E-state index contributed by atoms with van der Waals surface area (Å²) in [7, 11) is 0. The Morgan fingerprint density at radius 3 is 2.41 bits per heavy atom. The zero-order chi connectivity index (χ0) is 13.0. The second-order valence-electron chi connectivity index (χ2n) is 4.64. The molecule has 0 aliphatic rings. The van der Waals surface area contributed by atoms with Crippen molar-refractivity contribution in [1.82, 2.24) is 0 Å². The minimum atomic E-state index is -0.654. The van der Waals surface area contributed by atoms with Crippen LogP contribution in [-0.2, 0) is 0 Å². The number of hydrogen-bond acceptors (Lipinski definition) is 2. The van der Waals surface area contributed by atoms with Gasteiger partial charge >= 0.3 is 0 Å². The Bertz CT molecular complexity index is 363. The van der Waals surface area contributed by atoms with Crippen LogP contribution in [0.3, 0.4) is 0 Å². The van der Waals surface area contributed by atoms with Crippen molar-refractivity contribution in [1.29, 1.82) is 0 Å². The van der Waals surface area contributed by atoms with E-state index in [1.54, 1.807) is 19.1 Å². The fourth-order valence-electron chi connectivity index (χ4n) is 2.04. The lowest BCUT2D eigenvalue weighted by Gasteiger charge is -2.31. The molecule has 0 aliphatic heterocycles. The van der Waals surface area contributed by atoms with Crippen LogP contribution in [0.1, 0.15) is 45.8 Å². The lowest BCUT2D eigenvalue weighted by molar-refractivity contribution is 0.199. The Kier molecular flexibility index (Phi) is 4.94. The van der Waals surface area contributed by atoms with Crippen LogP contribution in [0.5, 0.6) is 0 Å². The summed E-state index contributed by atoms with van der Waals surface area (Å²) in [5, 5.41) is 9.73. The summed E-state index contributed by atoms with van der Waals surface area (Å²) >= 11 is 0. The molecule has 1 atom stereocenters. The smallest absolute Gasteiger partial charge is 0.146 e. The first kappa shape index (κ1) is 14.0. The highest BCUT2D eigenvalue weighted by atomic mass is 19.1. The van der Waals surface area contributed by atoms with Crippen LogP contribution in [0, 0.1) is 5.82 Å². The molecule has 3 heteroatoms. The zero-order valence-electron chi connectivity index (χ0n) is 11.1. The highest BCUT2D eigenvalue weighted by Gasteiger charge is 2.20. The summed E-state index contributed by atoms with van der Waals surface area (Å²) in [6, 6.07) is 5.09. The number of hydrogen-bond donors (Lipinski definition) is 1. The van der Waals surface area contributed by atoms with Gasteiger partial charge in [-0.25, -0.2) is 4.39 Å². The van der Waals surface area contributed by atoms with Crippen molar-refractivity contribution >= 4 is 5.69 Å². The van der Waals surface area contributed by atoms with E-state index in [-0.39, 0.29) is 11.9 Å². The third-order valence-electron chi connectivity index (χ3n) is 2.84. The fraction of sp³-hybridized carbons (Fsp3) is 0.571. The molecular formula is C14H22FNO. The van der Waals surface area contributed by atoms with Gasteiger partial charge in [0.05, 0.1) is 11.8 Å². The second kappa shape index (κ2) is 6.01. The molecule has 0 aromatic heterocycles. The first-order chi connectivity index (χ1) is 7.99. The minimum Gasteiger partial charge on any atom is -0.389 e. The summed E-state index contributed by atoms with van der Waals surface area (Å²) in [6.07, 6.45) is 0.296. The number of anilines is 1. The SMILES string of the molecule is CCCN(c1c(F)cccc1C(C)O)C(C)C. The van der Waals surface area contributed by atoms with Crippen molar-refractivity contribution in [2.75, 3.05) is 11.4 Å². The molecule has 17 heavy (non-hydrogen) atoms. The number of nitrogens with zero attached hydrogens (tertiary/aromatic N) is 1. The van der Waals surface area contributed by atoms with Crippen LogP contribution in [0.15, 0.2) is 18.2 Å². The molecule has 0 saturated carbocycles. The summed E-state index contributed by atoms with van der Waals surface area (Å²) in [5.41, 5.74) is 1.20. The fourth-order valence-corrected chi connectivity index (χ4v) is 2.04. The maximum Gasteiger partial charge on any atom is 0.146 e. The molecule has 0 aliphatic carbocycles. The lowest BCUT2D eigenvalue weighted by atomic mass is 10.1. The number of halogens is 1. The molecule has 0 spiro atoms. The maximum absolute atomic E-state index is 14.0. The van der Waals surface area contributed by atoms with E-state index in [4.69, 9.17) is 0 Å². The molecule has 1 unspecified atom stereocenters. The Labute approximate surface area is 103 Å². The molecule has 0 bridgehead atoms. The Morgan fingerprint density at radius 2 is 1.94 bits per heavy atom. The van der Waals surface area contributed by atoms with Gasteiger partial charge in [0.1, 0.15) is 5.82 Å². The number of benzene rings is 1. The van der Waals surface area contributed by atoms with Crippen molar-refractivity contribution in [3.8, 4) is 0 Å². The van der Waals surface area contributed by atoms with Gasteiger partial charge in [0.2, 0.25) is 0 Å². The largest absolute Gasteiger partial charge is 0.389 e. The normalized spacial score (nSPS) is 12.9. The quantitative estimate of drug-likeness (QED) is 0.850. The van der Waals surface area contributed by atoms with E-state index in [9.17, 15) is 9.50 Å². The third-order valence-corrected chi connectivity index (χ3v) is 2.84. The van der Waals surface area contributed by atoms with Gasteiger partial charge in [-0.1, -0.05) is 19.1 Å². The van der Waals surface area contributed by atoms with E-state index < -0.39 is 6.10 Å². The minimum absolute atomic E-state index is 0.212. The number of rotatable bonds is 5. The molecule has 0 amide bonds. The Morgan fingerprint density at radius 1 is 1.29 bits per heavy atom. The van der Waals surface area contributed by atoms with Crippen LogP contribution in [-0.4, -0.2) is 17.7 Å². The van der Waals surface area contributed by atoms with Crippen LogP contribution in [0.25, 0.3) is 0 Å². The van der Waals surface area contributed by atoms with Crippen LogP contribution in [0.2, 0.25) is 0 Å². The van der Waals surface area contributed by atoms with Gasteiger partial charge in [-0.05, 0) is 33.3 Å². The summed E-state index contributed by atoms with van der Waals surface area (Å²) < 4.78 is 14.0. The molecule has 2 nitrogen and oxygen atoms in total. The van der Waals surface area contributed by atoms with E-state index >= 15 is 0 Å². The van der Waals surface area contributed by atoms with Crippen molar-refractivity contribution in [3.05, 3.63) is 29.6 Å². The predicted octanol–water partition coefficient (Wildman–Crippen LogP) is 3.50. The average Bonchev–Trinajstić information content (AvgIpc) is 2.25. The van der Waals surface area contributed by atoms with Crippen molar-refractivity contribution in [2.45, 2.75) is 46.3 Å². The summed E-state index contributed by atoms with van der Waals surface area (Å²) in [5.74, 6) is -0.259. The number of aliphatic hydroxyl groups is 1. The summed E-state index contributed by atoms with van der Waals surface area (Å²) in [4.78, 5) is 2.01. The number of para-hydroxylation sites is 1. The van der Waals surface area contributed by atoms with Crippen LogP contribution >= 0.6 is 0 Å². The first-order valence-corrected chi connectivity index (χ1v) is 6.22. The molecule has 96 valence electrons. The topological polar surface area (TPSA) is 23.5 Å². The predicted molar refractivity (Wildman–Crippen MR) is 69.8 cm³/mol. The van der Waals surface area contributed by atoms with E-state index in [1.165, 1.54) is 6.07 Å². The van der Waals surface area contributed by atoms with Crippen molar-refractivity contribution in [2.24, 2.45) is 0 Å². The van der Waals surface area contributed by atoms with Gasteiger partial charge in [-0.15, -0.1) is 0 Å². The molecule has 1 rings (SSSR count). The molecule has 0 heterocycles. The second-order valence-corrected chi connectivity index (χ2v) is 4.64. The van der Waals surface area contributed by atoms with Gasteiger partial charge in [-0.2, -0.15) is 0 Å². The molecule has 1 N–H and O–H groups in total. The highest BCUT2D eigenvalue weighted by Crippen LogP contribution is 2.30. The van der Waals surface area contributed by atoms with Crippen molar-refractivity contribution < 1.29 is 9.50 Å². The maximum atomic E-state index is 14.0. The number of aliphatic hydroxyl groups excluding tert-OH is 1. The van der Waals surface area contributed by atoms with Gasteiger partial charge in [0.25, 0.3) is 0 Å². The van der Waals surface area contributed by atoms with Gasteiger partial charge in [-0.3, -0.25) is 0 Å². The Balaban J connectivity index is 3.25. The van der Waals surface area contributed by atoms with E-state index in [2.05, 4.69) is 6.92 Å². The van der Waals surface area contributed by atoms with Gasteiger partial charge in [0, 0.05) is 18.2 Å². The lowest BCUT2D eigenvalue weighted by Crippen LogP contribution is -2.33. The highest BCUT2D eigenvalue weighted by molar-refractivity contribution is 5.56. The van der Waals surface area contributed by atoms with E-state index in [0.717, 1.165) is 13.0 Å². The summed E-state index contributed by atoms with van der Waals surface area (Å²) in [6.45, 7) is 8.60. The van der Waals surface area contributed by atoms with E-state index in [0.29, 0.717) is 11.3 Å². The van der Waals surface area contributed by atoms with E-state index in [1.807, 2.05) is 18.7 Å². The first-order valence-electron chi connectivity index (χ1n) is 6.22. The molecule has 1 aromatic carbocycles. The van der Waals surface area contributed by atoms with Crippen LogP contribution in [0.4, 0.5) is 10.1 Å². The zero-order valence-corrected chi connectivity index (χ0v) is 11.1. The van der Waals surface area contributed by atoms with Gasteiger partial charge < -0.3 is 10.0 Å². The molecule has 0 radical (unpaired) electrons. The van der Waals surface area contributed by atoms with Crippen LogP contribution < -0.4 is 4.90 Å². The average molecular weight is 239 g/mol. The molecule has 1 aromatic rings. The monoisotopic (exact) mass is 239 g/mol.